The zero-order chi connectivity index (χ0) is 6.72. The van der Waals surface area contributed by atoms with Crippen LogP contribution >= 0.6 is 11.6 Å². The van der Waals surface area contributed by atoms with Gasteiger partial charge in [-0.15, -0.1) is 11.6 Å². The van der Waals surface area contributed by atoms with E-state index in [0.717, 1.165) is 23.6 Å². The van der Waals surface area contributed by atoms with Gasteiger partial charge in [-0.05, 0) is 30.6 Å². The minimum atomic E-state index is 0.641. The molecule has 3 rings (SSSR count). The number of alkyl halides is 1. The predicted octanol–water partition coefficient (Wildman–Crippen LogP) is 1.65. The Bertz CT molecular complexity index is 171. The minimum absolute atomic E-state index is 0.641. The van der Waals surface area contributed by atoms with Crippen LogP contribution in [0.15, 0.2) is 0 Å². The Labute approximate surface area is 65.7 Å². The molecule has 2 bridgehead atoms. The van der Waals surface area contributed by atoms with Crippen LogP contribution in [0.3, 0.4) is 0 Å². The molecular formula is C8H11ClO. The molecule has 0 radical (unpaired) electrons. The summed E-state index contributed by atoms with van der Waals surface area (Å²) >= 11 is 5.83. The Morgan fingerprint density at radius 3 is 2.80 bits per heavy atom. The van der Waals surface area contributed by atoms with Gasteiger partial charge >= 0.3 is 0 Å². The second-order valence-electron chi connectivity index (χ2n) is 3.88. The lowest BCUT2D eigenvalue weighted by atomic mass is 9.90. The Kier molecular flexibility index (Phi) is 0.993. The van der Waals surface area contributed by atoms with Crippen molar-refractivity contribution in [3.05, 3.63) is 0 Å². The molecule has 10 heavy (non-hydrogen) atoms. The molecular weight excluding hydrogens is 148 g/mol. The van der Waals surface area contributed by atoms with Gasteiger partial charge in [0.05, 0.1) is 12.2 Å². The maximum atomic E-state index is 5.83. The van der Waals surface area contributed by atoms with Crippen molar-refractivity contribution in [3.8, 4) is 0 Å². The van der Waals surface area contributed by atoms with Crippen molar-refractivity contribution in [1.29, 1.82) is 0 Å². The summed E-state index contributed by atoms with van der Waals surface area (Å²) in [6, 6.07) is 0. The van der Waals surface area contributed by atoms with E-state index in [9.17, 15) is 0 Å². The Balaban J connectivity index is 1.85. The number of hydrogen-bond donors (Lipinski definition) is 0. The summed E-state index contributed by atoms with van der Waals surface area (Å²) in [5, 5.41) is 0. The maximum Gasteiger partial charge on any atom is 0.0876 e. The monoisotopic (exact) mass is 158 g/mol. The molecule has 1 saturated heterocycles. The smallest absolute Gasteiger partial charge is 0.0876 e. The fraction of sp³-hybridized carbons (Fsp3) is 1.00. The van der Waals surface area contributed by atoms with Crippen molar-refractivity contribution in [3.63, 3.8) is 0 Å². The summed E-state index contributed by atoms with van der Waals surface area (Å²) in [5.74, 6) is 3.37. The molecule has 3 aliphatic rings. The third-order valence-electron chi connectivity index (χ3n) is 3.43. The van der Waals surface area contributed by atoms with Crippen molar-refractivity contribution < 1.29 is 4.74 Å². The molecule has 0 unspecified atom stereocenters. The molecule has 0 amide bonds. The first-order valence-electron chi connectivity index (χ1n) is 4.11. The Morgan fingerprint density at radius 2 is 2.20 bits per heavy atom. The van der Waals surface area contributed by atoms with Gasteiger partial charge in [0, 0.05) is 5.88 Å². The normalized spacial score (nSPS) is 62.7. The van der Waals surface area contributed by atoms with Crippen LogP contribution in [0.4, 0.5) is 0 Å². The van der Waals surface area contributed by atoms with Crippen molar-refractivity contribution in [2.75, 3.05) is 5.88 Å². The van der Waals surface area contributed by atoms with Crippen LogP contribution in [0, 0.1) is 17.8 Å². The van der Waals surface area contributed by atoms with E-state index in [2.05, 4.69) is 0 Å². The lowest BCUT2D eigenvalue weighted by Crippen LogP contribution is -2.18. The number of halogens is 1. The van der Waals surface area contributed by atoms with Gasteiger partial charge in [0.25, 0.3) is 0 Å². The number of rotatable bonds is 1. The van der Waals surface area contributed by atoms with E-state index < -0.39 is 0 Å². The highest BCUT2D eigenvalue weighted by Crippen LogP contribution is 2.58. The van der Waals surface area contributed by atoms with Gasteiger partial charge in [-0.2, -0.15) is 0 Å². The van der Waals surface area contributed by atoms with E-state index in [1.54, 1.807) is 0 Å². The van der Waals surface area contributed by atoms with Gasteiger partial charge < -0.3 is 4.74 Å². The molecule has 0 spiro atoms. The molecule has 2 heteroatoms. The molecule has 5 atom stereocenters. The van der Waals surface area contributed by atoms with Crippen LogP contribution in [0.5, 0.6) is 0 Å². The van der Waals surface area contributed by atoms with Gasteiger partial charge in [0.2, 0.25) is 0 Å². The molecule has 56 valence electrons. The van der Waals surface area contributed by atoms with E-state index in [1.165, 1.54) is 12.8 Å². The summed E-state index contributed by atoms with van der Waals surface area (Å²) in [7, 11) is 0. The van der Waals surface area contributed by atoms with Crippen molar-refractivity contribution in [2.24, 2.45) is 17.8 Å². The summed E-state index contributed by atoms with van der Waals surface area (Å²) in [6.45, 7) is 0. The van der Waals surface area contributed by atoms with Gasteiger partial charge in [-0.25, -0.2) is 0 Å². The molecule has 2 aliphatic carbocycles. The van der Waals surface area contributed by atoms with Crippen LogP contribution in [0.1, 0.15) is 12.8 Å². The van der Waals surface area contributed by atoms with E-state index in [1.807, 2.05) is 0 Å². The molecule has 0 N–H and O–H groups in total. The van der Waals surface area contributed by atoms with Crippen LogP contribution in [-0.2, 0) is 4.74 Å². The third-order valence-corrected chi connectivity index (χ3v) is 3.83. The summed E-state index contributed by atoms with van der Waals surface area (Å²) < 4.78 is 5.51. The average molecular weight is 159 g/mol. The largest absolute Gasteiger partial charge is 0.369 e. The standard InChI is InChI=1S/C8H11ClO/c9-3-5-1-4-2-6(5)8-7(4)10-8/h4-8H,1-3H2/t4-,5-,6-,7+,8+/m0/s1. The lowest BCUT2D eigenvalue weighted by molar-refractivity contribution is 0.255. The fourth-order valence-corrected chi connectivity index (χ4v) is 3.26. The van der Waals surface area contributed by atoms with Gasteiger partial charge in [0.15, 0.2) is 0 Å². The van der Waals surface area contributed by atoms with E-state index in [-0.39, 0.29) is 0 Å². The van der Waals surface area contributed by atoms with Gasteiger partial charge in [-0.1, -0.05) is 0 Å². The third kappa shape index (κ3) is 0.543. The first-order valence-corrected chi connectivity index (χ1v) is 4.65. The van der Waals surface area contributed by atoms with Crippen LogP contribution in [0.25, 0.3) is 0 Å². The van der Waals surface area contributed by atoms with Gasteiger partial charge in [-0.3, -0.25) is 0 Å². The average Bonchev–Trinajstić information content (AvgIpc) is 2.58. The van der Waals surface area contributed by atoms with E-state index in [0.29, 0.717) is 12.2 Å². The Morgan fingerprint density at radius 1 is 1.30 bits per heavy atom. The second-order valence-corrected chi connectivity index (χ2v) is 4.18. The van der Waals surface area contributed by atoms with Crippen molar-refractivity contribution >= 4 is 11.6 Å². The molecule has 2 saturated carbocycles. The molecule has 0 aromatic heterocycles. The number of hydrogen-bond acceptors (Lipinski definition) is 1. The summed E-state index contributed by atoms with van der Waals surface area (Å²) in [4.78, 5) is 0. The highest BCUT2D eigenvalue weighted by molar-refractivity contribution is 6.18. The number of ether oxygens (including phenoxy) is 1. The molecule has 1 nitrogen and oxygen atoms in total. The summed E-state index contributed by atoms with van der Waals surface area (Å²) in [6.07, 6.45) is 4.06. The zero-order valence-corrected chi connectivity index (χ0v) is 6.55. The SMILES string of the molecule is ClC[C@@H]1C[C@H]2C[C@@H]1[C@H]1O[C@H]21. The quantitative estimate of drug-likeness (QED) is 0.418. The topological polar surface area (TPSA) is 12.5 Å². The first-order chi connectivity index (χ1) is 4.90. The molecule has 0 aromatic carbocycles. The highest BCUT2D eigenvalue weighted by atomic mass is 35.5. The predicted molar refractivity (Wildman–Crippen MR) is 39.1 cm³/mol. The van der Waals surface area contributed by atoms with Crippen LogP contribution in [0.2, 0.25) is 0 Å². The van der Waals surface area contributed by atoms with Crippen LogP contribution in [-0.4, -0.2) is 18.1 Å². The van der Waals surface area contributed by atoms with Crippen molar-refractivity contribution in [1.82, 2.24) is 0 Å². The molecule has 3 fully saturated rings. The highest BCUT2D eigenvalue weighted by Gasteiger charge is 2.62. The summed E-state index contributed by atoms with van der Waals surface area (Å²) in [5.41, 5.74) is 0. The number of epoxide rings is 1. The molecule has 1 heterocycles. The number of fused-ring (bicyclic) bond motifs is 5. The van der Waals surface area contributed by atoms with Gasteiger partial charge in [0.1, 0.15) is 0 Å². The molecule has 0 aromatic rings. The Hall–Kier alpha value is 0.250. The zero-order valence-electron chi connectivity index (χ0n) is 5.79. The first kappa shape index (κ1) is 5.84. The second kappa shape index (κ2) is 1.70. The van der Waals surface area contributed by atoms with E-state index in [4.69, 9.17) is 16.3 Å². The van der Waals surface area contributed by atoms with Crippen LogP contribution < -0.4 is 0 Å². The minimum Gasteiger partial charge on any atom is -0.369 e. The van der Waals surface area contributed by atoms with E-state index >= 15 is 0 Å². The lowest BCUT2D eigenvalue weighted by Gasteiger charge is -2.14. The maximum absolute atomic E-state index is 5.83. The van der Waals surface area contributed by atoms with Crippen molar-refractivity contribution in [2.45, 2.75) is 25.0 Å². The molecule has 1 aliphatic heterocycles. The fourth-order valence-electron chi connectivity index (χ4n) is 2.91.